The summed E-state index contributed by atoms with van der Waals surface area (Å²) in [5.74, 6) is -3.29. The Morgan fingerprint density at radius 2 is 1.80 bits per heavy atom. The van der Waals surface area contributed by atoms with E-state index in [0.29, 0.717) is 11.1 Å². The number of nitrogens with zero attached hydrogens (tertiary/aromatic N) is 2. The van der Waals surface area contributed by atoms with Gasteiger partial charge in [0.2, 0.25) is 0 Å². The van der Waals surface area contributed by atoms with Crippen molar-refractivity contribution in [2.45, 2.75) is 69.1 Å². The van der Waals surface area contributed by atoms with Gasteiger partial charge in [0, 0.05) is 36.6 Å². The quantitative estimate of drug-likeness (QED) is 0.235. The van der Waals surface area contributed by atoms with Crippen LogP contribution in [0.15, 0.2) is 30.3 Å². The van der Waals surface area contributed by atoms with Crippen LogP contribution in [0.3, 0.4) is 0 Å². The third-order valence-corrected chi connectivity index (χ3v) is 9.20. The van der Waals surface area contributed by atoms with Crippen molar-refractivity contribution in [1.29, 1.82) is 0 Å². The topological polar surface area (TPSA) is 59.1 Å². The Hall–Kier alpha value is -2.99. The Balaban J connectivity index is 1.25. The Labute approximate surface area is 256 Å². The summed E-state index contributed by atoms with van der Waals surface area (Å²) >= 11 is 6.13. The summed E-state index contributed by atoms with van der Waals surface area (Å²) in [5, 5.41) is 0.194. The molecule has 0 radical (unpaired) electrons. The van der Waals surface area contributed by atoms with Crippen LogP contribution in [0.25, 0.3) is 0 Å². The number of halogens is 7. The van der Waals surface area contributed by atoms with Gasteiger partial charge in [-0.1, -0.05) is 18.5 Å². The largest absolute Gasteiger partial charge is 0.490 e. The van der Waals surface area contributed by atoms with Crippen LogP contribution in [0.1, 0.15) is 65.6 Å². The molecule has 2 aliphatic heterocycles. The van der Waals surface area contributed by atoms with Crippen LogP contribution in [0.2, 0.25) is 5.02 Å². The molecule has 0 aromatic heterocycles. The van der Waals surface area contributed by atoms with Gasteiger partial charge in [0.25, 0.3) is 5.91 Å². The predicted molar refractivity (Wildman–Crippen MR) is 150 cm³/mol. The highest BCUT2D eigenvalue weighted by atomic mass is 35.5. The number of amides is 1. The number of likely N-dealkylation sites (tertiary alicyclic amines) is 2. The number of carbonyl (C=O) groups is 2. The summed E-state index contributed by atoms with van der Waals surface area (Å²) in [6.07, 6.45) is -4.39. The molecule has 3 fully saturated rings. The van der Waals surface area contributed by atoms with Crippen molar-refractivity contribution in [1.82, 2.24) is 9.80 Å². The van der Waals surface area contributed by atoms with E-state index >= 15 is 8.78 Å². The third kappa shape index (κ3) is 6.80. The van der Waals surface area contributed by atoms with Crippen LogP contribution in [0.4, 0.5) is 26.3 Å². The SMILES string of the molecule is COC(=O)[C@@H]1C(C)C(F)CN1C(=O)c1cc(C2CC2)c(OCC2(F)CCN(Cc3cc(C(F)(F)F)ccc3Cl)CC2)cc1F. The number of esters is 1. The molecule has 2 saturated heterocycles. The number of hydrogen-bond donors (Lipinski definition) is 0. The van der Waals surface area contributed by atoms with E-state index in [1.165, 1.54) is 19.1 Å². The van der Waals surface area contributed by atoms with E-state index in [2.05, 4.69) is 0 Å². The molecule has 2 heterocycles. The van der Waals surface area contributed by atoms with Gasteiger partial charge in [-0.3, -0.25) is 9.69 Å². The van der Waals surface area contributed by atoms with Gasteiger partial charge in [-0.05, 0) is 67.0 Å². The minimum Gasteiger partial charge on any atom is -0.490 e. The van der Waals surface area contributed by atoms with Gasteiger partial charge in [0.05, 0.1) is 24.8 Å². The first-order valence-corrected chi connectivity index (χ1v) is 14.8. The molecule has 0 bridgehead atoms. The Morgan fingerprint density at radius 3 is 2.41 bits per heavy atom. The molecule has 2 aromatic carbocycles. The molecule has 1 amide bonds. The van der Waals surface area contributed by atoms with Crippen molar-refractivity contribution in [3.05, 3.63) is 63.4 Å². The summed E-state index contributed by atoms with van der Waals surface area (Å²) in [7, 11) is 1.13. The maximum atomic E-state index is 15.8. The first kappa shape index (κ1) is 32.4. The monoisotopic (exact) mass is 646 g/mol. The smallest absolute Gasteiger partial charge is 0.416 e. The third-order valence-electron chi connectivity index (χ3n) is 8.83. The fourth-order valence-corrected chi connectivity index (χ4v) is 6.10. The van der Waals surface area contributed by atoms with Gasteiger partial charge in [-0.2, -0.15) is 13.2 Å². The van der Waals surface area contributed by atoms with Crippen molar-refractivity contribution in [3.8, 4) is 5.75 Å². The van der Waals surface area contributed by atoms with Crippen LogP contribution in [0, 0.1) is 11.7 Å². The molecule has 240 valence electrons. The highest BCUT2D eigenvalue weighted by Gasteiger charge is 2.47. The molecule has 6 nitrogen and oxygen atoms in total. The van der Waals surface area contributed by atoms with Crippen LogP contribution < -0.4 is 4.74 Å². The van der Waals surface area contributed by atoms with Crippen molar-refractivity contribution in [2.75, 3.05) is 33.4 Å². The van der Waals surface area contributed by atoms with Crippen LogP contribution in [-0.2, 0) is 22.3 Å². The summed E-state index contributed by atoms with van der Waals surface area (Å²) in [6, 6.07) is 4.31. The van der Waals surface area contributed by atoms with E-state index in [1.807, 2.05) is 4.90 Å². The van der Waals surface area contributed by atoms with E-state index in [9.17, 15) is 27.2 Å². The number of methoxy groups -OCH3 is 1. The first-order chi connectivity index (χ1) is 20.7. The number of carbonyl (C=O) groups excluding carboxylic acids is 2. The van der Waals surface area contributed by atoms with Crippen molar-refractivity contribution in [2.24, 2.45) is 5.92 Å². The number of piperidine rings is 1. The zero-order chi connectivity index (χ0) is 32.0. The highest BCUT2D eigenvalue weighted by molar-refractivity contribution is 6.31. The molecule has 44 heavy (non-hydrogen) atoms. The minimum atomic E-state index is -4.51. The van der Waals surface area contributed by atoms with Crippen molar-refractivity contribution < 1.29 is 45.4 Å². The normalized spacial score (nSPS) is 23.9. The maximum absolute atomic E-state index is 15.8. The summed E-state index contributed by atoms with van der Waals surface area (Å²) in [6.45, 7) is 1.35. The zero-order valence-corrected chi connectivity index (χ0v) is 25.0. The average Bonchev–Trinajstić information content (AvgIpc) is 3.78. The van der Waals surface area contributed by atoms with E-state index in [4.69, 9.17) is 21.1 Å². The fraction of sp³-hybridized carbons (Fsp3) is 0.548. The molecule has 0 spiro atoms. The predicted octanol–water partition coefficient (Wildman–Crippen LogP) is 6.73. The Morgan fingerprint density at radius 1 is 1.11 bits per heavy atom. The molecule has 2 unspecified atom stereocenters. The van der Waals surface area contributed by atoms with Crippen LogP contribution >= 0.6 is 11.6 Å². The lowest BCUT2D eigenvalue weighted by Gasteiger charge is -2.36. The molecule has 3 atom stereocenters. The first-order valence-electron chi connectivity index (χ1n) is 14.5. The maximum Gasteiger partial charge on any atom is 0.416 e. The fourth-order valence-electron chi connectivity index (χ4n) is 5.93. The van der Waals surface area contributed by atoms with Gasteiger partial charge >= 0.3 is 12.1 Å². The number of rotatable bonds is 8. The highest BCUT2D eigenvalue weighted by Crippen LogP contribution is 2.46. The van der Waals surface area contributed by atoms with E-state index in [1.54, 1.807) is 0 Å². The lowest BCUT2D eigenvalue weighted by Crippen LogP contribution is -2.44. The summed E-state index contributed by atoms with van der Waals surface area (Å²) < 4.78 is 95.6. The van der Waals surface area contributed by atoms with Gasteiger partial charge in [0.15, 0.2) is 0 Å². The molecular formula is C31H33ClF6N2O4. The van der Waals surface area contributed by atoms with Crippen molar-refractivity contribution in [3.63, 3.8) is 0 Å². The number of alkyl halides is 5. The zero-order valence-electron chi connectivity index (χ0n) is 24.2. The number of hydrogen-bond acceptors (Lipinski definition) is 5. The minimum absolute atomic E-state index is 0.0189. The van der Waals surface area contributed by atoms with Gasteiger partial charge in [-0.15, -0.1) is 0 Å². The Bertz CT molecular complexity index is 1410. The van der Waals surface area contributed by atoms with Crippen LogP contribution in [0.5, 0.6) is 5.75 Å². The standard InChI is InChI=1S/C31H33ClF6N2O4/c1-17-25(34)15-40(27(17)29(42)43-2)28(41)22-12-21(18-3-4-18)26(13-24(22)33)44-16-30(35)7-9-39(10-8-30)14-19-11-20(31(36,37)38)5-6-23(19)32/h5-6,11-13,17-18,25,27H,3-4,7-10,14-16H2,1-2H3/t17?,25?,27-/m0/s1. The van der Waals surface area contributed by atoms with Gasteiger partial charge in [0.1, 0.15) is 36.1 Å². The molecule has 1 aliphatic carbocycles. The molecule has 5 rings (SSSR count). The second-order valence-electron chi connectivity index (χ2n) is 12.0. The van der Waals surface area contributed by atoms with Crippen molar-refractivity contribution >= 4 is 23.5 Å². The Kier molecular flexibility index (Phi) is 9.15. The number of ether oxygens (including phenoxy) is 2. The average molecular weight is 647 g/mol. The number of benzene rings is 2. The van der Waals surface area contributed by atoms with Gasteiger partial charge in [-0.25, -0.2) is 18.0 Å². The van der Waals surface area contributed by atoms with E-state index < -0.39 is 53.2 Å². The lowest BCUT2D eigenvalue weighted by atomic mass is 9.93. The molecule has 1 saturated carbocycles. The molecule has 0 N–H and O–H groups in total. The van der Waals surface area contributed by atoms with Crippen LogP contribution in [-0.4, -0.2) is 72.9 Å². The van der Waals surface area contributed by atoms with E-state index in [0.717, 1.165) is 43.1 Å². The van der Waals surface area contributed by atoms with E-state index in [-0.39, 0.29) is 67.9 Å². The molecule has 2 aromatic rings. The second-order valence-corrected chi connectivity index (χ2v) is 12.4. The summed E-state index contributed by atoms with van der Waals surface area (Å²) in [5.41, 5.74) is -2.07. The molecule has 3 aliphatic rings. The molecule has 13 heteroatoms. The van der Waals surface area contributed by atoms with Gasteiger partial charge < -0.3 is 14.4 Å². The summed E-state index contributed by atoms with van der Waals surface area (Å²) in [4.78, 5) is 28.5. The molecular weight excluding hydrogens is 614 g/mol. The lowest BCUT2D eigenvalue weighted by molar-refractivity contribution is -0.146. The second kappa shape index (κ2) is 12.4.